The van der Waals surface area contributed by atoms with E-state index in [0.29, 0.717) is 54.7 Å². The van der Waals surface area contributed by atoms with Crippen LogP contribution in [-0.2, 0) is 6.42 Å². The Morgan fingerprint density at radius 2 is 1.90 bits per heavy atom. The van der Waals surface area contributed by atoms with Crippen LogP contribution in [0.1, 0.15) is 28.8 Å². The zero-order valence-corrected chi connectivity index (χ0v) is 16.3. The number of para-hydroxylation sites is 1. The molecule has 1 amide bonds. The van der Waals surface area contributed by atoms with Crippen molar-refractivity contribution in [3.05, 3.63) is 78.0 Å². The van der Waals surface area contributed by atoms with E-state index in [-0.39, 0.29) is 11.7 Å². The first-order valence-electron chi connectivity index (χ1n) is 9.80. The summed E-state index contributed by atoms with van der Waals surface area (Å²) in [7, 11) is 0. The maximum atomic E-state index is 13.9. The second kappa shape index (κ2) is 8.20. The molecule has 3 aromatic rings. The molecule has 1 aromatic heterocycles. The number of carbonyl (C=O) groups excluding carboxylic acids is 1. The third-order valence-electron chi connectivity index (χ3n) is 5.56. The van der Waals surface area contributed by atoms with Gasteiger partial charge in [-0.2, -0.15) is 0 Å². The van der Waals surface area contributed by atoms with Crippen molar-refractivity contribution in [2.45, 2.75) is 24.9 Å². The van der Waals surface area contributed by atoms with Crippen molar-refractivity contribution in [3.63, 3.8) is 0 Å². The average Bonchev–Trinajstić information content (AvgIpc) is 2.76. The summed E-state index contributed by atoms with van der Waals surface area (Å²) in [6.45, 7) is 0.729. The highest BCUT2D eigenvalue weighted by atomic mass is 19.1. The van der Waals surface area contributed by atoms with Gasteiger partial charge in [-0.3, -0.25) is 4.79 Å². The number of amides is 1. The number of likely N-dealkylation sites (tertiary alicyclic amines) is 1. The Morgan fingerprint density at radius 1 is 1.13 bits per heavy atom. The molecule has 6 nitrogen and oxygen atoms in total. The Labute approximate surface area is 173 Å². The van der Waals surface area contributed by atoms with Crippen LogP contribution in [-0.4, -0.2) is 49.7 Å². The van der Waals surface area contributed by atoms with Crippen molar-refractivity contribution in [1.82, 2.24) is 14.9 Å². The predicted molar refractivity (Wildman–Crippen MR) is 109 cm³/mol. The summed E-state index contributed by atoms with van der Waals surface area (Å²) >= 11 is 0. The van der Waals surface area contributed by atoms with E-state index in [4.69, 9.17) is 0 Å². The van der Waals surface area contributed by atoms with Gasteiger partial charge in [-0.05, 0) is 48.7 Å². The van der Waals surface area contributed by atoms with E-state index in [0.717, 1.165) is 0 Å². The van der Waals surface area contributed by atoms with Gasteiger partial charge in [0.25, 0.3) is 5.91 Å². The van der Waals surface area contributed by atoms with Crippen LogP contribution in [0.4, 0.5) is 4.39 Å². The molecule has 0 bridgehead atoms. The van der Waals surface area contributed by atoms with Gasteiger partial charge in [0.1, 0.15) is 17.9 Å². The minimum absolute atomic E-state index is 0.158. The molecule has 2 N–H and O–H groups in total. The van der Waals surface area contributed by atoms with Crippen molar-refractivity contribution in [3.8, 4) is 17.0 Å². The topological polar surface area (TPSA) is 86.6 Å². The van der Waals surface area contributed by atoms with E-state index >= 15 is 0 Å². The zero-order chi connectivity index (χ0) is 21.1. The van der Waals surface area contributed by atoms with Gasteiger partial charge < -0.3 is 15.1 Å². The van der Waals surface area contributed by atoms with Crippen LogP contribution in [0.2, 0.25) is 0 Å². The number of aliphatic hydroxyl groups is 1. The smallest absolute Gasteiger partial charge is 0.254 e. The lowest BCUT2D eigenvalue weighted by Gasteiger charge is -2.38. The van der Waals surface area contributed by atoms with Gasteiger partial charge in [-0.25, -0.2) is 14.4 Å². The summed E-state index contributed by atoms with van der Waals surface area (Å²) in [6.07, 6.45) is 3.99. The first kappa shape index (κ1) is 20.0. The van der Waals surface area contributed by atoms with Crippen molar-refractivity contribution in [2.24, 2.45) is 0 Å². The van der Waals surface area contributed by atoms with Gasteiger partial charge in [0.05, 0.1) is 11.3 Å². The summed E-state index contributed by atoms with van der Waals surface area (Å²) in [5, 5.41) is 21.0. The Hall–Kier alpha value is -3.32. The van der Waals surface area contributed by atoms with Crippen LogP contribution in [0, 0.1) is 5.82 Å². The molecule has 1 fully saturated rings. The van der Waals surface area contributed by atoms with Crippen molar-refractivity contribution in [1.29, 1.82) is 0 Å². The quantitative estimate of drug-likeness (QED) is 0.694. The number of hydrogen-bond acceptors (Lipinski definition) is 5. The van der Waals surface area contributed by atoms with Gasteiger partial charge in [0.15, 0.2) is 0 Å². The Kier molecular flexibility index (Phi) is 5.46. The van der Waals surface area contributed by atoms with Crippen LogP contribution in [0.25, 0.3) is 11.3 Å². The number of phenols is 1. The number of rotatable bonds is 4. The number of carbonyl (C=O) groups is 1. The summed E-state index contributed by atoms with van der Waals surface area (Å²) < 4.78 is 13.9. The highest BCUT2D eigenvalue weighted by molar-refractivity contribution is 6.00. The van der Waals surface area contributed by atoms with E-state index in [1.165, 1.54) is 24.5 Å². The number of aromatic nitrogens is 2. The molecule has 154 valence electrons. The summed E-state index contributed by atoms with van der Waals surface area (Å²) in [5.74, 6) is -0.519. The second-order valence-corrected chi connectivity index (χ2v) is 7.61. The molecule has 7 heteroatoms. The molecule has 0 aliphatic carbocycles. The minimum Gasteiger partial charge on any atom is -0.508 e. The highest BCUT2D eigenvalue weighted by Gasteiger charge is 2.35. The van der Waals surface area contributed by atoms with Gasteiger partial charge in [-0.15, -0.1) is 0 Å². The second-order valence-electron chi connectivity index (χ2n) is 7.61. The minimum atomic E-state index is -0.992. The van der Waals surface area contributed by atoms with Crippen LogP contribution in [0.3, 0.4) is 0 Å². The van der Waals surface area contributed by atoms with E-state index in [1.54, 1.807) is 35.4 Å². The molecule has 0 radical (unpaired) electrons. The van der Waals surface area contributed by atoms with E-state index in [2.05, 4.69) is 9.97 Å². The number of piperidine rings is 1. The Bertz CT molecular complexity index is 1050. The molecule has 0 spiro atoms. The lowest BCUT2D eigenvalue weighted by molar-refractivity contribution is -0.0165. The number of hydrogen-bond donors (Lipinski definition) is 2. The number of nitrogens with zero attached hydrogens (tertiary/aromatic N) is 3. The molecule has 2 aromatic carbocycles. The van der Waals surface area contributed by atoms with Crippen molar-refractivity contribution >= 4 is 5.91 Å². The van der Waals surface area contributed by atoms with Gasteiger partial charge in [-0.1, -0.05) is 18.2 Å². The molecule has 1 aliphatic rings. The first-order valence-corrected chi connectivity index (χ1v) is 9.80. The molecule has 2 heterocycles. The van der Waals surface area contributed by atoms with Crippen LogP contribution in [0.5, 0.6) is 5.75 Å². The normalized spacial score (nSPS) is 15.7. The molecule has 0 atom stereocenters. The third-order valence-corrected chi connectivity index (χ3v) is 5.56. The van der Waals surface area contributed by atoms with E-state index in [1.807, 2.05) is 6.07 Å². The average molecular weight is 407 g/mol. The molecule has 1 aliphatic heterocycles. The SMILES string of the molecule is O=C(c1ccc(F)cc1-c1ccncn1)N1CCC(O)(Cc2ccccc2O)CC1. The van der Waals surface area contributed by atoms with Crippen molar-refractivity contribution in [2.75, 3.05) is 13.1 Å². The molecule has 1 saturated heterocycles. The summed E-state index contributed by atoms with van der Waals surface area (Å²) in [6, 6.07) is 12.6. The molecule has 0 saturated carbocycles. The largest absolute Gasteiger partial charge is 0.508 e. The fourth-order valence-electron chi connectivity index (χ4n) is 3.85. The fourth-order valence-corrected chi connectivity index (χ4v) is 3.85. The number of halogens is 1. The number of aromatic hydroxyl groups is 1. The fraction of sp³-hybridized carbons (Fsp3) is 0.261. The van der Waals surface area contributed by atoms with Crippen LogP contribution < -0.4 is 0 Å². The molecule has 4 rings (SSSR count). The standard InChI is InChI=1S/C23H22FN3O3/c24-17-5-6-18(19(13-17)20-7-10-25-15-26-20)22(29)27-11-8-23(30,9-12-27)14-16-3-1-2-4-21(16)28/h1-7,10,13,15,28,30H,8-9,11-12,14H2. The van der Waals surface area contributed by atoms with E-state index < -0.39 is 11.4 Å². The zero-order valence-electron chi connectivity index (χ0n) is 16.3. The lowest BCUT2D eigenvalue weighted by atomic mass is 9.85. The van der Waals surface area contributed by atoms with Crippen LogP contribution >= 0.6 is 0 Å². The van der Waals surface area contributed by atoms with Gasteiger partial charge in [0, 0.05) is 36.8 Å². The monoisotopic (exact) mass is 407 g/mol. The van der Waals surface area contributed by atoms with E-state index in [9.17, 15) is 19.4 Å². The number of phenolic OH excluding ortho intramolecular Hbond substituents is 1. The highest BCUT2D eigenvalue weighted by Crippen LogP contribution is 2.31. The summed E-state index contributed by atoms with van der Waals surface area (Å²) in [5.41, 5.74) is 0.942. The van der Waals surface area contributed by atoms with Crippen LogP contribution in [0.15, 0.2) is 61.1 Å². The Morgan fingerprint density at radius 3 is 2.60 bits per heavy atom. The Balaban J connectivity index is 1.51. The molecule has 0 unspecified atom stereocenters. The summed E-state index contributed by atoms with van der Waals surface area (Å²) in [4.78, 5) is 22.8. The third kappa shape index (κ3) is 4.16. The van der Waals surface area contributed by atoms with Crippen molar-refractivity contribution < 1.29 is 19.4 Å². The molecular weight excluding hydrogens is 385 g/mol. The molecule has 30 heavy (non-hydrogen) atoms. The van der Waals surface area contributed by atoms with Gasteiger partial charge >= 0.3 is 0 Å². The maximum Gasteiger partial charge on any atom is 0.254 e. The van der Waals surface area contributed by atoms with Gasteiger partial charge in [0.2, 0.25) is 0 Å². The lowest BCUT2D eigenvalue weighted by Crippen LogP contribution is -2.47. The molecular formula is C23H22FN3O3. The number of benzene rings is 2. The predicted octanol–water partition coefficient (Wildman–Crippen LogP) is 3.20. The first-order chi connectivity index (χ1) is 14.5. The maximum absolute atomic E-state index is 13.9.